The van der Waals surface area contributed by atoms with E-state index in [1.807, 2.05) is 11.7 Å². The van der Waals surface area contributed by atoms with Crippen LogP contribution in [0.25, 0.3) is 0 Å². The summed E-state index contributed by atoms with van der Waals surface area (Å²) in [6.07, 6.45) is 1.71. The lowest BCUT2D eigenvalue weighted by molar-refractivity contribution is 0.563. The van der Waals surface area contributed by atoms with E-state index in [9.17, 15) is 0 Å². The average Bonchev–Trinajstić information content (AvgIpc) is 2.74. The van der Waals surface area contributed by atoms with Crippen LogP contribution in [0.5, 0.6) is 0 Å². The highest BCUT2D eigenvalue weighted by Gasteiger charge is 2.19. The summed E-state index contributed by atoms with van der Waals surface area (Å²) in [6, 6.07) is 8.54. The van der Waals surface area contributed by atoms with Gasteiger partial charge in [0.1, 0.15) is 0 Å². The summed E-state index contributed by atoms with van der Waals surface area (Å²) in [7, 11) is 1.94. The van der Waals surface area contributed by atoms with Crippen molar-refractivity contribution in [2.45, 2.75) is 26.4 Å². The van der Waals surface area contributed by atoms with Gasteiger partial charge in [0.15, 0.2) is 0 Å². The molecule has 1 aromatic carbocycles. The van der Waals surface area contributed by atoms with Crippen LogP contribution in [0.4, 0.5) is 0 Å². The van der Waals surface area contributed by atoms with Crippen LogP contribution in [-0.4, -0.2) is 16.8 Å². The molecule has 0 aliphatic carbocycles. The first-order valence-corrected chi connectivity index (χ1v) is 6.50. The van der Waals surface area contributed by atoms with E-state index < -0.39 is 0 Å². The minimum atomic E-state index is 0.0700. The normalized spacial score (nSPS) is 12.7. The molecule has 1 N–H and O–H groups in total. The van der Waals surface area contributed by atoms with Gasteiger partial charge in [-0.05, 0) is 26.5 Å². The number of hydrogen-bond donors (Lipinski definition) is 1. The Balaban J connectivity index is 2.44. The Labute approximate surface area is 113 Å². The Morgan fingerprint density at radius 3 is 2.56 bits per heavy atom. The number of nitrogens with zero attached hydrogens (tertiary/aromatic N) is 2. The van der Waals surface area contributed by atoms with E-state index in [0.717, 1.165) is 12.2 Å². The SMILES string of the molecule is CCn1ncc(Cl)c1C(NC)c1ccc(C)cc1. The molecule has 96 valence electrons. The van der Waals surface area contributed by atoms with Crippen LogP contribution in [0.1, 0.15) is 29.8 Å². The first-order valence-electron chi connectivity index (χ1n) is 6.12. The van der Waals surface area contributed by atoms with Crippen LogP contribution in [0.3, 0.4) is 0 Å². The van der Waals surface area contributed by atoms with E-state index in [1.165, 1.54) is 11.1 Å². The Hall–Kier alpha value is -1.32. The van der Waals surface area contributed by atoms with Gasteiger partial charge in [-0.25, -0.2) is 0 Å². The van der Waals surface area contributed by atoms with Crippen molar-refractivity contribution < 1.29 is 0 Å². The number of halogens is 1. The molecular formula is C14H18ClN3. The van der Waals surface area contributed by atoms with Gasteiger partial charge in [-0.15, -0.1) is 0 Å². The summed E-state index contributed by atoms with van der Waals surface area (Å²) < 4.78 is 1.93. The molecule has 18 heavy (non-hydrogen) atoms. The first kappa shape index (κ1) is 13.1. The number of rotatable bonds is 4. The molecule has 4 heteroatoms. The van der Waals surface area contributed by atoms with Gasteiger partial charge in [-0.2, -0.15) is 5.10 Å². The van der Waals surface area contributed by atoms with Crippen LogP contribution >= 0.6 is 11.6 Å². The maximum Gasteiger partial charge on any atom is 0.0837 e. The first-order chi connectivity index (χ1) is 8.67. The summed E-state index contributed by atoms with van der Waals surface area (Å²) in [5.74, 6) is 0. The minimum Gasteiger partial charge on any atom is -0.308 e. The largest absolute Gasteiger partial charge is 0.308 e. The molecule has 0 radical (unpaired) electrons. The van der Waals surface area contributed by atoms with Crippen LogP contribution in [-0.2, 0) is 6.54 Å². The number of aryl methyl sites for hydroxylation is 2. The van der Waals surface area contributed by atoms with E-state index in [0.29, 0.717) is 5.02 Å². The van der Waals surface area contributed by atoms with Crippen molar-refractivity contribution in [1.82, 2.24) is 15.1 Å². The fourth-order valence-electron chi connectivity index (χ4n) is 2.13. The standard InChI is InChI=1S/C14H18ClN3/c1-4-18-14(12(15)9-17-18)13(16-3)11-7-5-10(2)6-8-11/h5-9,13,16H,4H2,1-3H3. The highest BCUT2D eigenvalue weighted by molar-refractivity contribution is 6.31. The van der Waals surface area contributed by atoms with Gasteiger partial charge in [-0.1, -0.05) is 41.4 Å². The molecular weight excluding hydrogens is 246 g/mol. The Bertz CT molecular complexity index is 516. The van der Waals surface area contributed by atoms with E-state index in [2.05, 4.69) is 48.5 Å². The maximum absolute atomic E-state index is 6.26. The smallest absolute Gasteiger partial charge is 0.0837 e. The fourth-order valence-corrected chi connectivity index (χ4v) is 2.38. The molecule has 0 saturated heterocycles. The molecule has 0 bridgehead atoms. The van der Waals surface area contributed by atoms with Crippen LogP contribution in [0.15, 0.2) is 30.5 Å². The van der Waals surface area contributed by atoms with Crippen molar-refractivity contribution in [3.63, 3.8) is 0 Å². The van der Waals surface area contributed by atoms with Gasteiger partial charge < -0.3 is 5.32 Å². The number of hydrogen-bond acceptors (Lipinski definition) is 2. The third-order valence-electron chi connectivity index (χ3n) is 3.11. The van der Waals surface area contributed by atoms with Crippen molar-refractivity contribution >= 4 is 11.6 Å². The summed E-state index contributed by atoms with van der Waals surface area (Å²) in [6.45, 7) is 4.96. The summed E-state index contributed by atoms with van der Waals surface area (Å²) in [4.78, 5) is 0. The van der Waals surface area contributed by atoms with E-state index >= 15 is 0 Å². The van der Waals surface area contributed by atoms with Crippen LogP contribution in [0.2, 0.25) is 5.02 Å². The second-order valence-corrected chi connectivity index (χ2v) is 4.73. The highest BCUT2D eigenvalue weighted by Crippen LogP contribution is 2.28. The maximum atomic E-state index is 6.26. The van der Waals surface area contributed by atoms with Crippen molar-refractivity contribution in [1.29, 1.82) is 0 Å². The number of benzene rings is 1. The Morgan fingerprint density at radius 2 is 2.00 bits per heavy atom. The van der Waals surface area contributed by atoms with Crippen LogP contribution in [0, 0.1) is 6.92 Å². The lowest BCUT2D eigenvalue weighted by Gasteiger charge is -2.19. The zero-order chi connectivity index (χ0) is 13.1. The second kappa shape index (κ2) is 5.55. The zero-order valence-electron chi connectivity index (χ0n) is 10.9. The average molecular weight is 264 g/mol. The lowest BCUT2D eigenvalue weighted by Crippen LogP contribution is -2.21. The monoisotopic (exact) mass is 263 g/mol. The van der Waals surface area contributed by atoms with E-state index in [1.54, 1.807) is 6.20 Å². The van der Waals surface area contributed by atoms with Crippen molar-refractivity contribution in [3.05, 3.63) is 52.3 Å². The van der Waals surface area contributed by atoms with Gasteiger partial charge in [0, 0.05) is 6.54 Å². The minimum absolute atomic E-state index is 0.0700. The van der Waals surface area contributed by atoms with Gasteiger partial charge in [-0.3, -0.25) is 4.68 Å². The molecule has 0 aliphatic rings. The molecule has 0 aliphatic heterocycles. The predicted molar refractivity (Wildman–Crippen MR) is 75.0 cm³/mol. The van der Waals surface area contributed by atoms with Gasteiger partial charge >= 0.3 is 0 Å². The topological polar surface area (TPSA) is 29.9 Å². The number of nitrogens with one attached hydrogen (secondary N) is 1. The van der Waals surface area contributed by atoms with Crippen LogP contribution < -0.4 is 5.32 Å². The molecule has 3 nitrogen and oxygen atoms in total. The Kier molecular flexibility index (Phi) is 4.04. The van der Waals surface area contributed by atoms with Gasteiger partial charge in [0.05, 0.1) is 23.0 Å². The predicted octanol–water partition coefficient (Wildman–Crippen LogP) is 3.17. The van der Waals surface area contributed by atoms with E-state index in [4.69, 9.17) is 11.6 Å². The van der Waals surface area contributed by atoms with Gasteiger partial charge in [0.2, 0.25) is 0 Å². The van der Waals surface area contributed by atoms with Crippen molar-refractivity contribution in [2.24, 2.45) is 0 Å². The molecule has 1 unspecified atom stereocenters. The lowest BCUT2D eigenvalue weighted by atomic mass is 10.0. The summed E-state index contributed by atoms with van der Waals surface area (Å²) in [5, 5.41) is 8.31. The summed E-state index contributed by atoms with van der Waals surface area (Å²) >= 11 is 6.26. The van der Waals surface area contributed by atoms with E-state index in [-0.39, 0.29) is 6.04 Å². The molecule has 0 spiro atoms. The molecule has 0 saturated carbocycles. The molecule has 0 fully saturated rings. The quantitative estimate of drug-likeness (QED) is 0.918. The molecule has 2 aromatic rings. The van der Waals surface area contributed by atoms with Gasteiger partial charge in [0.25, 0.3) is 0 Å². The third kappa shape index (κ3) is 2.42. The van der Waals surface area contributed by atoms with Crippen molar-refractivity contribution in [3.8, 4) is 0 Å². The molecule has 1 aromatic heterocycles. The molecule has 0 amide bonds. The second-order valence-electron chi connectivity index (χ2n) is 4.33. The highest BCUT2D eigenvalue weighted by atomic mass is 35.5. The fraction of sp³-hybridized carbons (Fsp3) is 0.357. The van der Waals surface area contributed by atoms with Crippen molar-refractivity contribution in [2.75, 3.05) is 7.05 Å². The Morgan fingerprint density at radius 1 is 1.33 bits per heavy atom. The third-order valence-corrected chi connectivity index (χ3v) is 3.40. The zero-order valence-corrected chi connectivity index (χ0v) is 11.7. The summed E-state index contributed by atoms with van der Waals surface area (Å²) in [5.41, 5.74) is 3.47. The number of aromatic nitrogens is 2. The molecule has 1 heterocycles. The molecule has 1 atom stereocenters. The molecule has 2 rings (SSSR count).